The molecule has 0 bridgehead atoms. The van der Waals surface area contributed by atoms with Crippen LogP contribution in [0.5, 0.6) is 0 Å². The molecule has 25 heavy (non-hydrogen) atoms. The van der Waals surface area contributed by atoms with Gasteiger partial charge in [0.15, 0.2) is 5.88 Å². The Balaban J connectivity index is 1.68. The fourth-order valence-electron chi connectivity index (χ4n) is 3.23. The van der Waals surface area contributed by atoms with Crippen LogP contribution in [0.4, 0.5) is 5.88 Å². The van der Waals surface area contributed by atoms with Crippen LogP contribution in [0.1, 0.15) is 51.1 Å². The minimum absolute atomic E-state index is 0.127. The average molecular weight is 344 g/mol. The summed E-state index contributed by atoms with van der Waals surface area (Å²) in [5, 5.41) is 0. The minimum atomic E-state index is 0.127. The van der Waals surface area contributed by atoms with Gasteiger partial charge in [-0.2, -0.15) is 0 Å². The van der Waals surface area contributed by atoms with E-state index in [4.69, 9.17) is 8.83 Å². The number of hydrogen-bond donors (Lipinski definition) is 0. The molecule has 1 fully saturated rings. The van der Waals surface area contributed by atoms with Crippen LogP contribution < -0.4 is 4.90 Å². The van der Waals surface area contributed by atoms with Gasteiger partial charge in [-0.3, -0.25) is 4.79 Å². The molecule has 2 aromatic heterocycles. The summed E-state index contributed by atoms with van der Waals surface area (Å²) in [5.74, 6) is 2.99. The van der Waals surface area contributed by atoms with Crippen molar-refractivity contribution in [2.24, 2.45) is 5.92 Å². The Hall–Kier alpha value is -2.17. The maximum absolute atomic E-state index is 12.6. The third kappa shape index (κ3) is 4.91. The first-order valence-corrected chi connectivity index (χ1v) is 9.25. The lowest BCUT2D eigenvalue weighted by molar-refractivity contribution is -0.133. The zero-order valence-electron chi connectivity index (χ0n) is 15.2. The van der Waals surface area contributed by atoms with Crippen LogP contribution in [0.25, 0.3) is 0 Å². The smallest absolute Gasteiger partial charge is 0.223 e. The van der Waals surface area contributed by atoms with E-state index in [2.05, 4.69) is 18.7 Å². The Morgan fingerprint density at radius 3 is 2.56 bits per heavy atom. The van der Waals surface area contributed by atoms with Gasteiger partial charge >= 0.3 is 0 Å². The van der Waals surface area contributed by atoms with Gasteiger partial charge in [-0.1, -0.05) is 13.8 Å². The quantitative estimate of drug-likeness (QED) is 0.745. The summed E-state index contributed by atoms with van der Waals surface area (Å²) in [7, 11) is 0. The van der Waals surface area contributed by atoms with E-state index in [9.17, 15) is 4.79 Å². The Bertz CT molecular complexity index is 654. The van der Waals surface area contributed by atoms with Gasteiger partial charge in [0.2, 0.25) is 5.91 Å². The molecule has 1 amide bonds. The fraction of sp³-hybridized carbons (Fsp3) is 0.550. The maximum atomic E-state index is 12.6. The second-order valence-electron chi connectivity index (χ2n) is 7.21. The third-order valence-electron chi connectivity index (χ3n) is 4.52. The lowest BCUT2D eigenvalue weighted by Gasteiger charge is -2.26. The average Bonchev–Trinajstić information content (AvgIpc) is 3.26. The predicted octanol–water partition coefficient (Wildman–Crippen LogP) is 4.44. The van der Waals surface area contributed by atoms with Crippen LogP contribution in [0.3, 0.4) is 0 Å². The topological polar surface area (TPSA) is 49.8 Å². The second kappa shape index (κ2) is 8.28. The summed E-state index contributed by atoms with van der Waals surface area (Å²) >= 11 is 0. The molecule has 0 unspecified atom stereocenters. The van der Waals surface area contributed by atoms with Gasteiger partial charge in [-0.25, -0.2) is 0 Å². The molecule has 0 spiro atoms. The molecule has 5 nitrogen and oxygen atoms in total. The Morgan fingerprint density at radius 2 is 1.88 bits per heavy atom. The fourth-order valence-corrected chi connectivity index (χ4v) is 3.23. The molecule has 0 saturated carbocycles. The Labute approximate surface area is 149 Å². The van der Waals surface area contributed by atoms with E-state index in [0.29, 0.717) is 25.4 Å². The van der Waals surface area contributed by atoms with Gasteiger partial charge in [0, 0.05) is 25.6 Å². The first-order chi connectivity index (χ1) is 12.1. The van der Waals surface area contributed by atoms with Crippen LogP contribution in [0.2, 0.25) is 0 Å². The van der Waals surface area contributed by atoms with Crippen molar-refractivity contribution in [3.8, 4) is 0 Å². The molecular formula is C20H28N2O3. The summed E-state index contributed by atoms with van der Waals surface area (Å²) in [4.78, 5) is 16.7. The number of anilines is 1. The van der Waals surface area contributed by atoms with Gasteiger partial charge in [-0.15, -0.1) is 0 Å². The second-order valence-corrected chi connectivity index (χ2v) is 7.21. The number of carbonyl (C=O) groups is 1. The molecule has 136 valence electrons. The summed E-state index contributed by atoms with van der Waals surface area (Å²) in [6.07, 6.45) is 5.90. The summed E-state index contributed by atoms with van der Waals surface area (Å²) in [6, 6.07) is 7.76. The van der Waals surface area contributed by atoms with Crippen molar-refractivity contribution in [3.63, 3.8) is 0 Å². The molecule has 5 heteroatoms. The Morgan fingerprint density at radius 1 is 1.12 bits per heavy atom. The molecule has 3 rings (SSSR count). The molecule has 0 aliphatic carbocycles. The molecule has 0 atom stereocenters. The zero-order chi connectivity index (χ0) is 17.6. The van der Waals surface area contributed by atoms with Crippen LogP contribution >= 0.6 is 0 Å². The van der Waals surface area contributed by atoms with Gasteiger partial charge in [0.25, 0.3) is 0 Å². The third-order valence-corrected chi connectivity index (χ3v) is 4.52. The van der Waals surface area contributed by atoms with E-state index < -0.39 is 0 Å². The van der Waals surface area contributed by atoms with Gasteiger partial charge < -0.3 is 18.6 Å². The van der Waals surface area contributed by atoms with Gasteiger partial charge in [-0.05, 0) is 43.4 Å². The van der Waals surface area contributed by atoms with Crippen molar-refractivity contribution < 1.29 is 13.6 Å². The molecule has 1 aliphatic heterocycles. The lowest BCUT2D eigenvalue weighted by Crippen LogP contribution is -2.30. The highest BCUT2D eigenvalue weighted by molar-refractivity contribution is 5.76. The first-order valence-electron chi connectivity index (χ1n) is 9.25. The van der Waals surface area contributed by atoms with Crippen molar-refractivity contribution in [2.75, 3.05) is 18.0 Å². The predicted molar refractivity (Wildman–Crippen MR) is 97.2 cm³/mol. The van der Waals surface area contributed by atoms with Crippen molar-refractivity contribution in [2.45, 2.75) is 52.6 Å². The van der Waals surface area contributed by atoms with Crippen molar-refractivity contribution >= 4 is 11.8 Å². The van der Waals surface area contributed by atoms with Crippen LogP contribution in [-0.4, -0.2) is 23.9 Å². The van der Waals surface area contributed by atoms with E-state index in [1.165, 1.54) is 19.3 Å². The summed E-state index contributed by atoms with van der Waals surface area (Å²) in [6.45, 7) is 7.16. The number of hydrogen-bond acceptors (Lipinski definition) is 4. The summed E-state index contributed by atoms with van der Waals surface area (Å²) < 4.78 is 11.5. The number of furan rings is 2. The highest BCUT2D eigenvalue weighted by Gasteiger charge is 2.20. The summed E-state index contributed by atoms with van der Waals surface area (Å²) in [5.41, 5.74) is 0. The number of amides is 1. The molecular weight excluding hydrogens is 316 g/mol. The van der Waals surface area contributed by atoms with Crippen molar-refractivity contribution in [1.82, 2.24) is 4.90 Å². The molecule has 2 aromatic rings. The Kier molecular flexibility index (Phi) is 5.84. The monoisotopic (exact) mass is 344 g/mol. The molecule has 0 N–H and O–H groups in total. The molecule has 1 aliphatic rings. The normalized spacial score (nSPS) is 14.9. The molecule has 3 heterocycles. The number of carbonyl (C=O) groups excluding carboxylic acids is 1. The van der Waals surface area contributed by atoms with Gasteiger partial charge in [0.1, 0.15) is 11.5 Å². The standard InChI is InChI=1S/C20H28N2O3/c1-16(2)13-19(23)22(14-17-7-6-12-24-17)15-18-8-9-20(25-18)21-10-4-3-5-11-21/h6-9,12,16H,3-5,10-11,13-15H2,1-2H3. The van der Waals surface area contributed by atoms with E-state index in [1.54, 1.807) is 6.26 Å². The largest absolute Gasteiger partial charge is 0.467 e. The SMILES string of the molecule is CC(C)CC(=O)N(Cc1ccco1)Cc1ccc(N2CCCCC2)o1. The maximum Gasteiger partial charge on any atom is 0.223 e. The highest BCUT2D eigenvalue weighted by Crippen LogP contribution is 2.24. The minimum Gasteiger partial charge on any atom is -0.467 e. The van der Waals surface area contributed by atoms with Crippen LogP contribution in [0.15, 0.2) is 39.4 Å². The highest BCUT2D eigenvalue weighted by atomic mass is 16.4. The van der Waals surface area contributed by atoms with E-state index in [1.807, 2.05) is 29.2 Å². The van der Waals surface area contributed by atoms with Gasteiger partial charge in [0.05, 0.1) is 19.4 Å². The number of piperidine rings is 1. The number of rotatable bonds is 7. The molecule has 0 aromatic carbocycles. The molecule has 1 saturated heterocycles. The van der Waals surface area contributed by atoms with E-state index >= 15 is 0 Å². The van der Waals surface area contributed by atoms with Crippen molar-refractivity contribution in [1.29, 1.82) is 0 Å². The first kappa shape index (κ1) is 17.6. The van der Waals surface area contributed by atoms with Crippen LogP contribution in [-0.2, 0) is 17.9 Å². The van der Waals surface area contributed by atoms with E-state index in [0.717, 1.165) is 30.5 Å². The zero-order valence-corrected chi connectivity index (χ0v) is 15.2. The van der Waals surface area contributed by atoms with Crippen LogP contribution in [0, 0.1) is 5.92 Å². The lowest BCUT2D eigenvalue weighted by atomic mass is 10.1. The molecule has 0 radical (unpaired) electrons. The van der Waals surface area contributed by atoms with Crippen molar-refractivity contribution in [3.05, 3.63) is 42.0 Å². The van der Waals surface area contributed by atoms with E-state index in [-0.39, 0.29) is 5.91 Å². The number of nitrogens with zero attached hydrogens (tertiary/aromatic N) is 2.